The monoisotopic (exact) mass is 296 g/mol. The number of benzene rings is 1. The molecule has 0 spiro atoms. The number of hydrogen-bond donors (Lipinski definition) is 2. The molecule has 20 heavy (non-hydrogen) atoms. The molecule has 0 aliphatic rings. The van der Waals surface area contributed by atoms with Gasteiger partial charge in [0.25, 0.3) is 0 Å². The summed E-state index contributed by atoms with van der Waals surface area (Å²) >= 11 is 1.90. The minimum Gasteiger partial charge on any atom is -0.495 e. The van der Waals surface area contributed by atoms with Crippen LogP contribution in [0.25, 0.3) is 0 Å². The van der Waals surface area contributed by atoms with E-state index in [0.717, 1.165) is 17.9 Å². The van der Waals surface area contributed by atoms with E-state index in [0.29, 0.717) is 29.5 Å². The molecule has 1 rings (SSSR count). The molecule has 0 saturated heterocycles. The fraction of sp³-hybridized carbons (Fsp3) is 0.533. The van der Waals surface area contributed by atoms with Gasteiger partial charge in [-0.1, -0.05) is 13.8 Å². The first-order chi connectivity index (χ1) is 9.52. The highest BCUT2D eigenvalue weighted by Crippen LogP contribution is 2.26. The van der Waals surface area contributed by atoms with Crippen molar-refractivity contribution in [2.45, 2.75) is 26.7 Å². The number of nitrogen functional groups attached to an aromatic ring is 1. The van der Waals surface area contributed by atoms with Crippen LogP contribution in [0.5, 0.6) is 5.75 Å². The molecule has 3 N–H and O–H groups in total. The van der Waals surface area contributed by atoms with Gasteiger partial charge in [0, 0.05) is 12.1 Å². The first kappa shape index (κ1) is 16.7. The zero-order chi connectivity index (χ0) is 15.0. The molecule has 4 nitrogen and oxygen atoms in total. The van der Waals surface area contributed by atoms with Crippen molar-refractivity contribution in [3.05, 3.63) is 18.2 Å². The van der Waals surface area contributed by atoms with Crippen molar-refractivity contribution in [1.29, 1.82) is 0 Å². The molecule has 0 bridgehead atoms. The van der Waals surface area contributed by atoms with Crippen LogP contribution in [-0.4, -0.2) is 24.5 Å². The summed E-state index contributed by atoms with van der Waals surface area (Å²) in [7, 11) is 1.57. The number of nitrogens with one attached hydrogen (secondary N) is 1. The number of anilines is 2. The van der Waals surface area contributed by atoms with Gasteiger partial charge >= 0.3 is 0 Å². The fourth-order valence-electron chi connectivity index (χ4n) is 1.69. The van der Waals surface area contributed by atoms with Gasteiger partial charge in [0.05, 0.1) is 12.8 Å². The molecule has 0 unspecified atom stereocenters. The van der Waals surface area contributed by atoms with Gasteiger partial charge in [-0.25, -0.2) is 0 Å². The van der Waals surface area contributed by atoms with Crippen LogP contribution in [0, 0.1) is 5.92 Å². The van der Waals surface area contributed by atoms with Gasteiger partial charge < -0.3 is 15.8 Å². The van der Waals surface area contributed by atoms with E-state index in [9.17, 15) is 4.79 Å². The zero-order valence-electron chi connectivity index (χ0n) is 12.4. The highest BCUT2D eigenvalue weighted by atomic mass is 32.2. The van der Waals surface area contributed by atoms with Crippen molar-refractivity contribution in [2.24, 2.45) is 5.92 Å². The quantitative estimate of drug-likeness (QED) is 0.570. The van der Waals surface area contributed by atoms with E-state index in [-0.39, 0.29) is 5.91 Å². The highest BCUT2D eigenvalue weighted by molar-refractivity contribution is 7.99. The third kappa shape index (κ3) is 6.19. The molecule has 0 aromatic heterocycles. The second kappa shape index (κ2) is 8.74. The van der Waals surface area contributed by atoms with Crippen molar-refractivity contribution in [3.8, 4) is 5.75 Å². The van der Waals surface area contributed by atoms with Crippen LogP contribution in [-0.2, 0) is 4.79 Å². The van der Waals surface area contributed by atoms with Crippen molar-refractivity contribution in [2.75, 3.05) is 29.7 Å². The van der Waals surface area contributed by atoms with Gasteiger partial charge in [-0.15, -0.1) is 0 Å². The SMILES string of the molecule is COc1ccc(N)cc1NC(=O)CCCSCC(C)C. The molecule has 0 fully saturated rings. The Labute approximate surface area is 125 Å². The van der Waals surface area contributed by atoms with Gasteiger partial charge in [0.15, 0.2) is 0 Å². The van der Waals surface area contributed by atoms with Gasteiger partial charge in [-0.2, -0.15) is 11.8 Å². The van der Waals surface area contributed by atoms with Crippen LogP contribution >= 0.6 is 11.8 Å². The van der Waals surface area contributed by atoms with Crippen molar-refractivity contribution in [3.63, 3.8) is 0 Å². The van der Waals surface area contributed by atoms with Gasteiger partial charge in [-0.05, 0) is 42.0 Å². The van der Waals surface area contributed by atoms with E-state index in [1.807, 2.05) is 11.8 Å². The number of ether oxygens (including phenoxy) is 1. The molecule has 112 valence electrons. The number of methoxy groups -OCH3 is 1. The number of thioether (sulfide) groups is 1. The molecule has 1 aromatic carbocycles. The first-order valence-electron chi connectivity index (χ1n) is 6.84. The molecule has 1 aromatic rings. The fourth-order valence-corrected chi connectivity index (χ4v) is 2.68. The molecular weight excluding hydrogens is 272 g/mol. The molecule has 0 saturated carbocycles. The van der Waals surface area contributed by atoms with E-state index < -0.39 is 0 Å². The van der Waals surface area contributed by atoms with Crippen molar-refractivity contribution in [1.82, 2.24) is 0 Å². The summed E-state index contributed by atoms with van der Waals surface area (Å²) in [6, 6.07) is 5.21. The summed E-state index contributed by atoms with van der Waals surface area (Å²) in [5.74, 6) is 3.48. The van der Waals surface area contributed by atoms with Gasteiger partial charge in [-0.3, -0.25) is 4.79 Å². The Kier molecular flexibility index (Phi) is 7.30. The van der Waals surface area contributed by atoms with Crippen LogP contribution in [0.4, 0.5) is 11.4 Å². The third-order valence-corrected chi connectivity index (χ3v) is 4.12. The smallest absolute Gasteiger partial charge is 0.224 e. The van der Waals surface area contributed by atoms with Crippen LogP contribution in [0.15, 0.2) is 18.2 Å². The Morgan fingerprint density at radius 2 is 2.20 bits per heavy atom. The maximum Gasteiger partial charge on any atom is 0.224 e. The maximum absolute atomic E-state index is 11.9. The molecule has 0 radical (unpaired) electrons. The standard InChI is InChI=1S/C15H24N2O2S/c1-11(2)10-20-8-4-5-15(18)17-13-9-12(16)6-7-14(13)19-3/h6-7,9,11H,4-5,8,10,16H2,1-3H3,(H,17,18). The Morgan fingerprint density at radius 1 is 1.45 bits per heavy atom. The van der Waals surface area contributed by atoms with E-state index >= 15 is 0 Å². The minimum atomic E-state index is -0.000882. The molecule has 0 aliphatic heterocycles. The van der Waals surface area contributed by atoms with Crippen LogP contribution in [0.3, 0.4) is 0 Å². The molecule has 5 heteroatoms. The van der Waals surface area contributed by atoms with Gasteiger partial charge in [0.2, 0.25) is 5.91 Å². The normalized spacial score (nSPS) is 10.6. The molecule has 0 atom stereocenters. The van der Waals surface area contributed by atoms with E-state index in [1.54, 1.807) is 25.3 Å². The second-order valence-corrected chi connectivity index (χ2v) is 6.23. The maximum atomic E-state index is 11.9. The van der Waals surface area contributed by atoms with Crippen molar-refractivity contribution >= 4 is 29.0 Å². The second-order valence-electron chi connectivity index (χ2n) is 5.08. The van der Waals surface area contributed by atoms with Gasteiger partial charge in [0.1, 0.15) is 5.75 Å². The van der Waals surface area contributed by atoms with E-state index in [1.165, 1.54) is 0 Å². The Hall–Kier alpha value is -1.36. The number of nitrogens with two attached hydrogens (primary N) is 1. The molecule has 0 heterocycles. The largest absolute Gasteiger partial charge is 0.495 e. The number of hydrogen-bond acceptors (Lipinski definition) is 4. The Balaban J connectivity index is 2.37. The summed E-state index contributed by atoms with van der Waals surface area (Å²) in [4.78, 5) is 11.9. The molecule has 0 aliphatic carbocycles. The number of amides is 1. The zero-order valence-corrected chi connectivity index (χ0v) is 13.3. The minimum absolute atomic E-state index is 0.000882. The number of carbonyl (C=O) groups is 1. The lowest BCUT2D eigenvalue weighted by Crippen LogP contribution is -2.12. The average molecular weight is 296 g/mol. The summed E-state index contributed by atoms with van der Waals surface area (Å²) in [6.07, 6.45) is 1.40. The first-order valence-corrected chi connectivity index (χ1v) is 7.99. The number of rotatable bonds is 8. The Morgan fingerprint density at radius 3 is 2.85 bits per heavy atom. The predicted octanol–water partition coefficient (Wildman–Crippen LogP) is 3.39. The molecule has 1 amide bonds. The summed E-state index contributed by atoms with van der Waals surface area (Å²) < 4.78 is 5.20. The Bertz CT molecular complexity index is 436. The lowest BCUT2D eigenvalue weighted by molar-refractivity contribution is -0.116. The average Bonchev–Trinajstić information content (AvgIpc) is 2.38. The number of carbonyl (C=O) groups excluding carboxylic acids is 1. The summed E-state index contributed by atoms with van der Waals surface area (Å²) in [5, 5.41) is 2.85. The summed E-state index contributed by atoms with van der Waals surface area (Å²) in [6.45, 7) is 4.40. The predicted molar refractivity (Wildman–Crippen MR) is 87.4 cm³/mol. The lowest BCUT2D eigenvalue weighted by atomic mass is 10.2. The van der Waals surface area contributed by atoms with Crippen LogP contribution in [0.1, 0.15) is 26.7 Å². The van der Waals surface area contributed by atoms with E-state index in [4.69, 9.17) is 10.5 Å². The topological polar surface area (TPSA) is 64.3 Å². The molecular formula is C15H24N2O2S. The van der Waals surface area contributed by atoms with Crippen LogP contribution < -0.4 is 15.8 Å². The van der Waals surface area contributed by atoms with Crippen molar-refractivity contribution < 1.29 is 9.53 Å². The summed E-state index contributed by atoms with van der Waals surface area (Å²) in [5.41, 5.74) is 6.95. The van der Waals surface area contributed by atoms with E-state index in [2.05, 4.69) is 19.2 Å². The van der Waals surface area contributed by atoms with Crippen LogP contribution in [0.2, 0.25) is 0 Å². The lowest BCUT2D eigenvalue weighted by Gasteiger charge is -2.11. The highest BCUT2D eigenvalue weighted by Gasteiger charge is 2.08. The third-order valence-electron chi connectivity index (χ3n) is 2.64.